The maximum absolute atomic E-state index is 12.4. The van der Waals surface area contributed by atoms with Crippen LogP contribution in [0.2, 0.25) is 10.0 Å². The van der Waals surface area contributed by atoms with E-state index >= 15 is 0 Å². The van der Waals surface area contributed by atoms with Crippen molar-refractivity contribution in [2.24, 2.45) is 9.98 Å². The van der Waals surface area contributed by atoms with Crippen molar-refractivity contribution < 1.29 is 19.2 Å². The van der Waals surface area contributed by atoms with Gasteiger partial charge in [-0.25, -0.2) is 0 Å². The molecule has 10 heteroatoms. The van der Waals surface area contributed by atoms with E-state index in [1.165, 1.54) is 0 Å². The minimum Gasteiger partial charge on any atom is -0.862 e. The summed E-state index contributed by atoms with van der Waals surface area (Å²) < 4.78 is 1.72. The zero-order valence-corrected chi connectivity index (χ0v) is 30.3. The third-order valence-electron chi connectivity index (χ3n) is 8.87. The molecule has 2 rings (SSSR count). The van der Waals surface area contributed by atoms with Crippen molar-refractivity contribution in [1.29, 1.82) is 0 Å². The van der Waals surface area contributed by atoms with E-state index in [-0.39, 0.29) is 36.6 Å². The molecule has 0 saturated heterocycles. The fourth-order valence-corrected chi connectivity index (χ4v) is 5.89. The molecule has 0 spiro atoms. The van der Waals surface area contributed by atoms with E-state index in [4.69, 9.17) is 23.2 Å². The number of rotatable bonds is 21. The minimum absolute atomic E-state index is 0. The first-order valence-electron chi connectivity index (χ1n) is 15.8. The van der Waals surface area contributed by atoms with Gasteiger partial charge in [0.1, 0.15) is 13.1 Å². The molecule has 0 atom stereocenters. The number of nitrogens with zero attached hydrogens (tertiary/aromatic N) is 4. The number of hydrogen-bond donors (Lipinski definition) is 0. The third kappa shape index (κ3) is 14.7. The average molecular weight is 693 g/mol. The Morgan fingerprint density at radius 3 is 1.25 bits per heavy atom. The van der Waals surface area contributed by atoms with Gasteiger partial charge in [0.15, 0.2) is 0 Å². The standard InChI is InChI=1S/C34H52Cl2N4O2.2ClH/c1-5-39(6-2,27-29-17-13-15-19-31(29)35)25-23-37-33(41)21-11-9-10-12-22-34(42)38-24-26-40(7-3,8-4)28-30-18-14-16-20-32(30)36;;/h13-20H,5-12,21-28H2,1-4H3;2*1H. The minimum atomic E-state index is -0.0191. The van der Waals surface area contributed by atoms with Gasteiger partial charge in [0.25, 0.3) is 0 Å². The lowest BCUT2D eigenvalue weighted by atomic mass is 10.1. The van der Waals surface area contributed by atoms with Gasteiger partial charge in [-0.05, 0) is 77.3 Å². The Morgan fingerprint density at radius 2 is 0.932 bits per heavy atom. The second-order valence-electron chi connectivity index (χ2n) is 11.4. The lowest BCUT2D eigenvalue weighted by Gasteiger charge is -2.37. The largest absolute Gasteiger partial charge is 0.862 e. The molecule has 0 fully saturated rings. The molecule has 0 aliphatic carbocycles. The van der Waals surface area contributed by atoms with Crippen molar-refractivity contribution in [3.63, 3.8) is 0 Å². The summed E-state index contributed by atoms with van der Waals surface area (Å²) in [7, 11) is 0. The van der Waals surface area contributed by atoms with Crippen LogP contribution in [0.1, 0.15) is 77.3 Å². The van der Waals surface area contributed by atoms with Gasteiger partial charge in [0.2, 0.25) is 0 Å². The summed E-state index contributed by atoms with van der Waals surface area (Å²) in [6, 6.07) is 16.0. The van der Waals surface area contributed by atoms with Crippen LogP contribution in [-0.4, -0.2) is 73.1 Å². The fourth-order valence-electron chi connectivity index (χ4n) is 5.50. The molecule has 0 N–H and O–H groups in total. The predicted octanol–water partition coefficient (Wildman–Crippen LogP) is 7.11. The zero-order chi connectivity index (χ0) is 30.8. The van der Waals surface area contributed by atoms with E-state index in [0.717, 1.165) is 108 Å². The monoisotopic (exact) mass is 690 g/mol. The number of aliphatic imine (C=N–C) groups is 2. The Hall–Kier alpha value is -1.54. The molecule has 0 aliphatic heterocycles. The SMILES string of the molecule is CC[N+](CC)(CCN=C([O-])CCCCCCC([O-])=NCC[N+](CC)(CC)Cc1ccccc1Cl)Cc1ccccc1Cl.Cl.Cl. The zero-order valence-electron chi connectivity index (χ0n) is 27.1. The summed E-state index contributed by atoms with van der Waals surface area (Å²) in [5.74, 6) is -0.0382. The van der Waals surface area contributed by atoms with Crippen molar-refractivity contribution in [3.8, 4) is 0 Å². The molecule has 250 valence electrons. The molecule has 0 aliphatic rings. The highest BCUT2D eigenvalue weighted by atomic mass is 35.5. The van der Waals surface area contributed by atoms with Crippen molar-refractivity contribution in [2.45, 2.75) is 79.3 Å². The third-order valence-corrected chi connectivity index (χ3v) is 9.60. The topological polar surface area (TPSA) is 70.8 Å². The van der Waals surface area contributed by atoms with Gasteiger partial charge in [-0.1, -0.05) is 72.4 Å². The van der Waals surface area contributed by atoms with Gasteiger partial charge in [0.05, 0.1) is 52.4 Å². The van der Waals surface area contributed by atoms with Crippen LogP contribution in [0.25, 0.3) is 0 Å². The van der Waals surface area contributed by atoms with Gasteiger partial charge in [-0.15, -0.1) is 24.8 Å². The van der Waals surface area contributed by atoms with E-state index < -0.39 is 0 Å². The van der Waals surface area contributed by atoms with Gasteiger partial charge in [0, 0.05) is 21.2 Å². The predicted molar refractivity (Wildman–Crippen MR) is 190 cm³/mol. The van der Waals surface area contributed by atoms with Crippen molar-refractivity contribution in [2.75, 3.05) is 52.4 Å². The molecule has 0 amide bonds. The molecular formula is C34H54Cl4N4O2. The highest BCUT2D eigenvalue weighted by molar-refractivity contribution is 6.31. The lowest BCUT2D eigenvalue weighted by molar-refractivity contribution is -0.936. The molecule has 2 aromatic rings. The van der Waals surface area contributed by atoms with E-state index in [1.807, 2.05) is 36.4 Å². The number of hydrogen-bond acceptors (Lipinski definition) is 4. The summed E-state index contributed by atoms with van der Waals surface area (Å²) >= 11 is 12.8. The first-order chi connectivity index (χ1) is 20.2. The summed E-state index contributed by atoms with van der Waals surface area (Å²) in [5.41, 5.74) is 2.28. The van der Waals surface area contributed by atoms with Crippen LogP contribution in [-0.2, 0) is 13.1 Å². The quantitative estimate of drug-likeness (QED) is 0.0606. The summed E-state index contributed by atoms with van der Waals surface area (Å²) in [6.07, 6.45) is 4.41. The summed E-state index contributed by atoms with van der Waals surface area (Å²) in [6.45, 7) is 17.0. The van der Waals surface area contributed by atoms with E-state index in [1.54, 1.807) is 0 Å². The van der Waals surface area contributed by atoms with Crippen LogP contribution in [0.15, 0.2) is 58.5 Å². The van der Waals surface area contributed by atoms with Crippen molar-refractivity contribution in [3.05, 3.63) is 69.7 Å². The van der Waals surface area contributed by atoms with E-state index in [0.29, 0.717) is 25.9 Å². The van der Waals surface area contributed by atoms with E-state index in [9.17, 15) is 10.2 Å². The number of quaternary nitrogens is 2. The lowest BCUT2D eigenvalue weighted by Crippen LogP contribution is -2.48. The molecule has 0 unspecified atom stereocenters. The smallest absolute Gasteiger partial charge is 0.106 e. The molecule has 6 nitrogen and oxygen atoms in total. The van der Waals surface area contributed by atoms with Crippen molar-refractivity contribution >= 4 is 59.8 Å². The fraction of sp³-hybridized carbons (Fsp3) is 0.588. The number of halogens is 4. The second-order valence-corrected chi connectivity index (χ2v) is 12.2. The van der Waals surface area contributed by atoms with Gasteiger partial charge >= 0.3 is 0 Å². The van der Waals surface area contributed by atoms with Crippen LogP contribution < -0.4 is 10.2 Å². The van der Waals surface area contributed by atoms with Crippen LogP contribution in [0.3, 0.4) is 0 Å². The molecule has 44 heavy (non-hydrogen) atoms. The van der Waals surface area contributed by atoms with Crippen molar-refractivity contribution in [1.82, 2.24) is 0 Å². The number of benzene rings is 2. The Balaban J connectivity index is 0.00000924. The van der Waals surface area contributed by atoms with Gasteiger partial charge in [-0.3, -0.25) is 9.98 Å². The second kappa shape index (κ2) is 22.9. The van der Waals surface area contributed by atoms with Crippen LogP contribution in [0.4, 0.5) is 0 Å². The molecule has 0 bridgehead atoms. The molecule has 2 aromatic carbocycles. The summed E-state index contributed by atoms with van der Waals surface area (Å²) in [4.78, 5) is 8.70. The van der Waals surface area contributed by atoms with Gasteiger partial charge < -0.3 is 19.2 Å². The van der Waals surface area contributed by atoms with Crippen LogP contribution >= 0.6 is 48.0 Å². The molecule has 0 saturated carbocycles. The highest BCUT2D eigenvalue weighted by Gasteiger charge is 2.25. The average Bonchev–Trinajstić information content (AvgIpc) is 3.00. The molecule has 0 radical (unpaired) electrons. The normalized spacial score (nSPS) is 12.5. The first kappa shape index (κ1) is 42.5. The highest BCUT2D eigenvalue weighted by Crippen LogP contribution is 2.23. The Kier molecular flexibility index (Phi) is 22.1. The Labute approximate surface area is 289 Å². The van der Waals surface area contributed by atoms with Gasteiger partial charge in [-0.2, -0.15) is 0 Å². The Morgan fingerprint density at radius 1 is 0.591 bits per heavy atom. The first-order valence-corrected chi connectivity index (χ1v) is 16.5. The maximum atomic E-state index is 12.4. The van der Waals surface area contributed by atoms with Crippen LogP contribution in [0, 0.1) is 0 Å². The number of likely N-dealkylation sites (N-methyl/N-ethyl adjacent to an activating group) is 2. The number of unbranched alkanes of at least 4 members (excludes halogenated alkanes) is 3. The molecule has 0 heterocycles. The summed E-state index contributed by atoms with van der Waals surface area (Å²) in [5, 5.41) is 26.3. The maximum Gasteiger partial charge on any atom is 0.106 e. The van der Waals surface area contributed by atoms with E-state index in [2.05, 4.69) is 49.8 Å². The molecular weight excluding hydrogens is 638 g/mol. The van der Waals surface area contributed by atoms with Crippen LogP contribution in [0.5, 0.6) is 0 Å². The molecule has 0 aromatic heterocycles. The Bertz CT molecular complexity index is 1030.